The second-order valence-electron chi connectivity index (χ2n) is 4.66. The van der Waals surface area contributed by atoms with Crippen molar-refractivity contribution in [3.63, 3.8) is 0 Å². The number of hydrogen-bond donors (Lipinski definition) is 1. The lowest BCUT2D eigenvalue weighted by Crippen LogP contribution is -2.22. The Balaban J connectivity index is 2.27. The van der Waals surface area contributed by atoms with E-state index >= 15 is 0 Å². The normalized spacial score (nSPS) is 11.4. The molecule has 0 saturated carbocycles. The molecule has 0 saturated heterocycles. The molecule has 0 fully saturated rings. The number of nitrogens with zero attached hydrogens (tertiary/aromatic N) is 3. The molecule has 98 valence electrons. The van der Waals surface area contributed by atoms with Gasteiger partial charge in [0, 0.05) is 19.6 Å². The predicted molar refractivity (Wildman–Crippen MR) is 70.1 cm³/mol. The quantitative estimate of drug-likeness (QED) is 0.880. The van der Waals surface area contributed by atoms with Crippen molar-refractivity contribution < 1.29 is 4.42 Å². The first kappa shape index (κ1) is 12.8. The molecule has 2 aromatic heterocycles. The van der Waals surface area contributed by atoms with Crippen LogP contribution in [-0.2, 0) is 20.0 Å². The molecule has 0 radical (unpaired) electrons. The minimum atomic E-state index is 0.423. The molecule has 5 nitrogen and oxygen atoms in total. The maximum Gasteiger partial charge on any atom is 0.181 e. The van der Waals surface area contributed by atoms with Crippen LogP contribution in [0, 0.1) is 0 Å². The molecular weight excluding hydrogens is 228 g/mol. The minimum absolute atomic E-state index is 0.423. The fraction of sp³-hybridized carbons (Fsp3) is 0.538. The second kappa shape index (κ2) is 5.35. The number of aryl methyl sites for hydroxylation is 2. The molecule has 0 spiro atoms. The Hall–Kier alpha value is -1.62. The van der Waals surface area contributed by atoms with E-state index in [1.165, 1.54) is 6.39 Å². The van der Waals surface area contributed by atoms with Gasteiger partial charge in [0.15, 0.2) is 12.2 Å². The number of oxazole rings is 1. The average molecular weight is 248 g/mol. The van der Waals surface area contributed by atoms with E-state index in [0.717, 1.165) is 29.3 Å². The SMILES string of the molecule is CCc1cc(-c2ocnc2CNC(C)C)n(C)n1. The summed E-state index contributed by atoms with van der Waals surface area (Å²) in [6.07, 6.45) is 2.41. The van der Waals surface area contributed by atoms with Crippen LogP contribution in [0.25, 0.3) is 11.5 Å². The molecule has 2 aromatic rings. The monoisotopic (exact) mass is 248 g/mol. The van der Waals surface area contributed by atoms with E-state index in [4.69, 9.17) is 4.42 Å². The Morgan fingerprint density at radius 3 is 2.83 bits per heavy atom. The third kappa shape index (κ3) is 2.61. The molecule has 0 aliphatic rings. The van der Waals surface area contributed by atoms with Crippen LogP contribution < -0.4 is 5.32 Å². The van der Waals surface area contributed by atoms with E-state index in [9.17, 15) is 0 Å². The lowest BCUT2D eigenvalue weighted by Gasteiger charge is -2.06. The number of aromatic nitrogens is 3. The summed E-state index contributed by atoms with van der Waals surface area (Å²) in [5, 5.41) is 7.78. The summed E-state index contributed by atoms with van der Waals surface area (Å²) in [6, 6.07) is 2.48. The summed E-state index contributed by atoms with van der Waals surface area (Å²) in [5.74, 6) is 0.804. The van der Waals surface area contributed by atoms with Gasteiger partial charge in [-0.15, -0.1) is 0 Å². The molecule has 0 unspecified atom stereocenters. The van der Waals surface area contributed by atoms with Crippen molar-refractivity contribution in [1.29, 1.82) is 0 Å². The van der Waals surface area contributed by atoms with E-state index in [0.29, 0.717) is 12.6 Å². The topological polar surface area (TPSA) is 55.9 Å². The first-order valence-electron chi connectivity index (χ1n) is 6.30. The van der Waals surface area contributed by atoms with Gasteiger partial charge in [-0.05, 0) is 12.5 Å². The van der Waals surface area contributed by atoms with Crippen LogP contribution in [-0.4, -0.2) is 20.8 Å². The van der Waals surface area contributed by atoms with Crippen LogP contribution in [0.15, 0.2) is 16.9 Å². The molecule has 18 heavy (non-hydrogen) atoms. The molecule has 2 rings (SSSR count). The van der Waals surface area contributed by atoms with Gasteiger partial charge in [-0.3, -0.25) is 4.68 Å². The largest absolute Gasteiger partial charge is 0.442 e. The summed E-state index contributed by atoms with van der Waals surface area (Å²) < 4.78 is 7.36. The van der Waals surface area contributed by atoms with Crippen LogP contribution in [0.4, 0.5) is 0 Å². The highest BCUT2D eigenvalue weighted by molar-refractivity contribution is 5.55. The van der Waals surface area contributed by atoms with Crippen molar-refractivity contribution in [3.05, 3.63) is 23.8 Å². The van der Waals surface area contributed by atoms with Gasteiger partial charge in [0.1, 0.15) is 11.4 Å². The van der Waals surface area contributed by atoms with Gasteiger partial charge in [-0.25, -0.2) is 4.98 Å². The molecule has 5 heteroatoms. The molecule has 0 amide bonds. The average Bonchev–Trinajstić information content (AvgIpc) is 2.92. The molecule has 0 aliphatic carbocycles. The lowest BCUT2D eigenvalue weighted by atomic mass is 10.2. The number of hydrogen-bond acceptors (Lipinski definition) is 4. The first-order valence-corrected chi connectivity index (χ1v) is 6.30. The standard InChI is InChI=1S/C13H20N4O/c1-5-10-6-12(17(4)16-10)13-11(15-8-18-13)7-14-9(2)3/h6,8-9,14H,5,7H2,1-4H3. The van der Waals surface area contributed by atoms with Gasteiger partial charge < -0.3 is 9.73 Å². The highest BCUT2D eigenvalue weighted by atomic mass is 16.3. The molecule has 0 bridgehead atoms. The highest BCUT2D eigenvalue weighted by Crippen LogP contribution is 2.23. The number of rotatable bonds is 5. The summed E-state index contributed by atoms with van der Waals surface area (Å²) >= 11 is 0. The van der Waals surface area contributed by atoms with E-state index < -0.39 is 0 Å². The van der Waals surface area contributed by atoms with Gasteiger partial charge in [-0.1, -0.05) is 20.8 Å². The summed E-state index contributed by atoms with van der Waals surface area (Å²) in [4.78, 5) is 4.27. The summed E-state index contributed by atoms with van der Waals surface area (Å²) in [6.45, 7) is 7.02. The summed E-state index contributed by atoms with van der Waals surface area (Å²) in [7, 11) is 1.93. The predicted octanol–water partition coefficient (Wildman–Crippen LogP) is 2.14. The van der Waals surface area contributed by atoms with Crippen LogP contribution in [0.3, 0.4) is 0 Å². The highest BCUT2D eigenvalue weighted by Gasteiger charge is 2.15. The van der Waals surface area contributed by atoms with Gasteiger partial charge >= 0.3 is 0 Å². The Morgan fingerprint density at radius 2 is 2.22 bits per heavy atom. The summed E-state index contributed by atoms with van der Waals surface area (Å²) in [5.41, 5.74) is 2.96. The molecule has 0 aliphatic heterocycles. The zero-order valence-electron chi connectivity index (χ0n) is 11.4. The van der Waals surface area contributed by atoms with Crippen molar-refractivity contribution in [2.75, 3.05) is 0 Å². The van der Waals surface area contributed by atoms with Gasteiger partial charge in [0.05, 0.1) is 5.69 Å². The smallest absolute Gasteiger partial charge is 0.181 e. The minimum Gasteiger partial charge on any atom is -0.442 e. The molecule has 0 aromatic carbocycles. The second-order valence-corrected chi connectivity index (χ2v) is 4.66. The Kier molecular flexibility index (Phi) is 3.81. The van der Waals surface area contributed by atoms with Crippen LogP contribution in [0.2, 0.25) is 0 Å². The van der Waals surface area contributed by atoms with Gasteiger partial charge in [-0.2, -0.15) is 5.10 Å². The van der Waals surface area contributed by atoms with E-state index in [1.807, 2.05) is 11.7 Å². The fourth-order valence-electron chi connectivity index (χ4n) is 1.82. The zero-order chi connectivity index (χ0) is 13.1. The third-order valence-electron chi connectivity index (χ3n) is 2.84. The maximum atomic E-state index is 5.51. The first-order chi connectivity index (χ1) is 8.61. The van der Waals surface area contributed by atoms with E-state index in [-0.39, 0.29) is 0 Å². The van der Waals surface area contributed by atoms with Crippen molar-refractivity contribution in [2.24, 2.45) is 7.05 Å². The molecule has 0 atom stereocenters. The Morgan fingerprint density at radius 1 is 1.44 bits per heavy atom. The molecule has 1 N–H and O–H groups in total. The van der Waals surface area contributed by atoms with Gasteiger partial charge in [0.2, 0.25) is 0 Å². The number of nitrogens with one attached hydrogen (secondary N) is 1. The Bertz CT molecular complexity index is 513. The Labute approximate surface area is 107 Å². The van der Waals surface area contributed by atoms with Crippen molar-refractivity contribution in [3.8, 4) is 11.5 Å². The maximum absolute atomic E-state index is 5.51. The van der Waals surface area contributed by atoms with Gasteiger partial charge in [0.25, 0.3) is 0 Å². The molecule has 2 heterocycles. The zero-order valence-corrected chi connectivity index (χ0v) is 11.4. The van der Waals surface area contributed by atoms with Crippen LogP contribution >= 0.6 is 0 Å². The third-order valence-corrected chi connectivity index (χ3v) is 2.84. The fourth-order valence-corrected chi connectivity index (χ4v) is 1.82. The van der Waals surface area contributed by atoms with Crippen molar-refractivity contribution >= 4 is 0 Å². The van der Waals surface area contributed by atoms with Crippen LogP contribution in [0.1, 0.15) is 32.2 Å². The van der Waals surface area contributed by atoms with Crippen molar-refractivity contribution in [1.82, 2.24) is 20.1 Å². The van der Waals surface area contributed by atoms with E-state index in [2.05, 4.69) is 42.2 Å². The molecular formula is C13H20N4O. The van der Waals surface area contributed by atoms with Crippen molar-refractivity contribution in [2.45, 2.75) is 39.8 Å². The lowest BCUT2D eigenvalue weighted by molar-refractivity contribution is 0.555. The van der Waals surface area contributed by atoms with E-state index in [1.54, 1.807) is 0 Å². The van der Waals surface area contributed by atoms with Crippen LogP contribution in [0.5, 0.6) is 0 Å².